The monoisotopic (exact) mass is 1500 g/mol. The van der Waals surface area contributed by atoms with Gasteiger partial charge in [0, 0.05) is 32.3 Å². The second-order valence-electron chi connectivity index (χ2n) is 21.7. The molecule has 0 radical (unpaired) electrons. The third kappa shape index (κ3) is 41.7. The topological polar surface area (TPSA) is 73.8 Å². The Hall–Kier alpha value is -9.40. The molecule has 0 aliphatic carbocycles. The van der Waals surface area contributed by atoms with Crippen LogP contribution in [-0.2, 0) is 0 Å². The maximum Gasteiger partial charge on any atom is 0.127 e. The highest BCUT2D eigenvalue weighted by Gasteiger charge is 2.15. The highest BCUT2D eigenvalue weighted by molar-refractivity contribution is 5.94. The largest absolute Gasteiger partial charge is 0.497 e. The van der Waals surface area contributed by atoms with Crippen molar-refractivity contribution in [2.75, 3.05) is 41.7 Å². The molecule has 606 valence electrons. The molecule has 0 bridgehead atoms. The highest BCUT2D eigenvalue weighted by Crippen LogP contribution is 2.34. The first-order valence-corrected chi connectivity index (χ1v) is 40.8. The van der Waals surface area contributed by atoms with E-state index >= 15 is 0 Å². The number of aryl methyl sites for hydroxylation is 1. The van der Waals surface area contributed by atoms with Gasteiger partial charge in [0.15, 0.2) is 0 Å². The van der Waals surface area contributed by atoms with Crippen LogP contribution in [0.5, 0.6) is 46.0 Å². The fraction of sp³-hybridized carbons (Fsp3) is 0.406. The Kier molecular flexibility index (Phi) is 72.5. The molecule has 12 aromatic rings. The second-order valence-corrected chi connectivity index (χ2v) is 21.7. The maximum absolute atomic E-state index is 5.91. The lowest BCUT2D eigenvalue weighted by Crippen LogP contribution is -2.23. The molecule has 0 N–H and O–H groups in total. The van der Waals surface area contributed by atoms with E-state index < -0.39 is 0 Å². The zero-order valence-corrected chi connectivity index (χ0v) is 75.7. The van der Waals surface area contributed by atoms with Crippen molar-refractivity contribution in [2.45, 2.75) is 240 Å². The first kappa shape index (κ1) is 111. The molecule has 12 aromatic carbocycles. The number of ether oxygens (including phenoxy) is 8. The Morgan fingerprint density at radius 1 is 0.220 bits per heavy atom. The molecular weight excluding hydrogens is 1340 g/mol. The van der Waals surface area contributed by atoms with Gasteiger partial charge in [0.1, 0.15) is 57.2 Å². The number of rotatable bonds is 10. The lowest BCUT2D eigenvalue weighted by atomic mass is 10.0. The van der Waals surface area contributed by atoms with Gasteiger partial charge in [-0.05, 0) is 155 Å². The zero-order chi connectivity index (χ0) is 84.8. The van der Waals surface area contributed by atoms with Crippen LogP contribution in [0.2, 0.25) is 0 Å². The lowest BCUT2D eigenvalue weighted by Gasteiger charge is -2.22. The van der Waals surface area contributed by atoms with E-state index in [2.05, 4.69) is 133 Å². The van der Waals surface area contributed by atoms with E-state index in [1.165, 1.54) is 53.9 Å². The van der Waals surface area contributed by atoms with Crippen molar-refractivity contribution in [3.05, 3.63) is 242 Å². The molecule has 0 fully saturated rings. The Balaban J connectivity index is -0.000000276. The van der Waals surface area contributed by atoms with Crippen LogP contribution in [0.25, 0.3) is 64.6 Å². The number of methoxy groups -OCH3 is 4. The van der Waals surface area contributed by atoms with Crippen molar-refractivity contribution in [3.8, 4) is 46.0 Å². The second kappa shape index (κ2) is 71.5. The summed E-state index contributed by atoms with van der Waals surface area (Å²) in [7, 11) is 6.72. The highest BCUT2D eigenvalue weighted by atomic mass is 16.5. The van der Waals surface area contributed by atoms with Crippen molar-refractivity contribution in [2.24, 2.45) is 0 Å². The molecule has 8 heteroatoms. The summed E-state index contributed by atoms with van der Waals surface area (Å²) in [5, 5.41) is 14.2. The molecule has 12 rings (SSSR count). The fourth-order valence-corrected chi connectivity index (χ4v) is 9.56. The predicted molar refractivity (Wildman–Crippen MR) is 494 cm³/mol. The van der Waals surface area contributed by atoms with Gasteiger partial charge in [-0.25, -0.2) is 0 Å². The molecule has 0 aromatic heterocycles. The van der Waals surface area contributed by atoms with Gasteiger partial charge in [-0.3, -0.25) is 0 Å². The molecule has 0 aliphatic rings. The average molecular weight is 1500 g/mol. The number of fused-ring (bicyclic) bond motifs is 6. The summed E-state index contributed by atoms with van der Waals surface area (Å²) in [5.41, 5.74) is 0.850. The van der Waals surface area contributed by atoms with Crippen LogP contribution in [0.15, 0.2) is 237 Å². The first-order valence-electron chi connectivity index (χ1n) is 40.8. The van der Waals surface area contributed by atoms with Crippen LogP contribution < -0.4 is 37.9 Å². The van der Waals surface area contributed by atoms with Crippen molar-refractivity contribution < 1.29 is 37.9 Å². The minimum Gasteiger partial charge on any atom is -0.497 e. The van der Waals surface area contributed by atoms with Crippen molar-refractivity contribution in [1.29, 1.82) is 0 Å². The van der Waals surface area contributed by atoms with Crippen LogP contribution in [0, 0.1) is 6.92 Å². The smallest absolute Gasteiger partial charge is 0.127 e. The van der Waals surface area contributed by atoms with Gasteiger partial charge in [0.25, 0.3) is 0 Å². The van der Waals surface area contributed by atoms with Gasteiger partial charge in [-0.2, -0.15) is 0 Å². The Labute approximate surface area is 668 Å². The molecular formula is C101H154O8. The molecule has 0 amide bonds. The third-order valence-electron chi connectivity index (χ3n) is 13.4. The third-order valence-corrected chi connectivity index (χ3v) is 13.4. The van der Waals surface area contributed by atoms with E-state index in [1.807, 2.05) is 332 Å². The van der Waals surface area contributed by atoms with Gasteiger partial charge >= 0.3 is 0 Å². The Bertz CT molecular complexity index is 3800. The zero-order valence-electron chi connectivity index (χ0n) is 75.7. The van der Waals surface area contributed by atoms with Gasteiger partial charge in [-0.1, -0.05) is 348 Å². The van der Waals surface area contributed by atoms with Crippen molar-refractivity contribution in [1.82, 2.24) is 0 Å². The maximum atomic E-state index is 5.91. The molecule has 109 heavy (non-hydrogen) atoms. The SMILES string of the molecule is CC.CC.CC.CC.CC.CC.CC.CC.CC.CC.CC.CC.CC(C)(C)Oc1cccc2ccccc12.CC(C)(C)Oc1cccc2ccccc12.CCOc1cccc2ccccc12.CCOc1cccc2ccccc12.COc1ccc(OC)c2ccccc12.COc1ccc2ccc(OC)c(C)c2c1. The van der Waals surface area contributed by atoms with Crippen LogP contribution in [0.1, 0.15) is 227 Å². The summed E-state index contributed by atoms with van der Waals surface area (Å²) < 4.78 is 43.9. The molecule has 0 saturated carbocycles. The molecule has 8 nitrogen and oxygen atoms in total. The molecule has 0 aliphatic heterocycles. The summed E-state index contributed by atoms with van der Waals surface area (Å²) >= 11 is 0. The lowest BCUT2D eigenvalue weighted by molar-refractivity contribution is 0.132. The van der Waals surface area contributed by atoms with Crippen LogP contribution in [0.4, 0.5) is 0 Å². The van der Waals surface area contributed by atoms with Crippen molar-refractivity contribution in [3.63, 3.8) is 0 Å². The normalized spacial score (nSPS) is 9.04. The molecule has 0 heterocycles. The van der Waals surface area contributed by atoms with Crippen LogP contribution in [0.3, 0.4) is 0 Å². The van der Waals surface area contributed by atoms with Crippen molar-refractivity contribution >= 4 is 64.6 Å². The van der Waals surface area contributed by atoms with E-state index in [-0.39, 0.29) is 11.2 Å². The van der Waals surface area contributed by atoms with E-state index in [0.29, 0.717) is 13.2 Å². The quantitative estimate of drug-likeness (QED) is 0.134. The molecule has 0 unspecified atom stereocenters. The average Bonchev–Trinajstić information content (AvgIpc) is 0.797. The number of hydrogen-bond acceptors (Lipinski definition) is 8. The molecule has 0 atom stereocenters. The minimum atomic E-state index is -0.149. The van der Waals surface area contributed by atoms with Crippen LogP contribution in [-0.4, -0.2) is 52.9 Å². The summed E-state index contributed by atoms with van der Waals surface area (Å²) in [5.74, 6) is 7.40. The predicted octanol–water partition coefficient (Wildman–Crippen LogP) is 32.8. The van der Waals surface area contributed by atoms with E-state index in [4.69, 9.17) is 37.9 Å². The summed E-state index contributed by atoms with van der Waals surface area (Å²) in [6.07, 6.45) is 0. The standard InChI is InChI=1S/2C14H16O.C13H14O2.C12H12O2.2C12H12O.12C2H6/c2*1-14(2,3)15-13-10-6-8-11-7-4-5-9-12(11)13;1-9-12-8-11(14-2)6-4-10(12)5-7-13(9)15-3;1-13-11-7-8-12(14-2)10-6-4-3-5-9(10)11;2*1-2-13-12-9-5-7-10-6-3-4-8-11(10)12;12*1-2/h2*4-10H,1-3H3;4-8H,1-3H3;3-8H,1-2H3;2*3-9H,2H2,1H3;12*1-2H3. The van der Waals surface area contributed by atoms with E-state index in [9.17, 15) is 0 Å². The van der Waals surface area contributed by atoms with Crippen LogP contribution >= 0.6 is 0 Å². The summed E-state index contributed by atoms with van der Waals surface area (Å²) in [6, 6.07) is 79.6. The first-order chi connectivity index (χ1) is 53.1. The Morgan fingerprint density at radius 2 is 0.450 bits per heavy atom. The van der Waals surface area contributed by atoms with Gasteiger partial charge in [0.2, 0.25) is 0 Å². The minimum absolute atomic E-state index is 0.149. The number of benzene rings is 12. The van der Waals surface area contributed by atoms with E-state index in [1.54, 1.807) is 28.4 Å². The number of hydrogen-bond donors (Lipinski definition) is 0. The van der Waals surface area contributed by atoms with E-state index in [0.717, 1.165) is 62.3 Å². The summed E-state index contributed by atoms with van der Waals surface area (Å²) in [6.45, 7) is 67.9. The van der Waals surface area contributed by atoms with Gasteiger partial charge in [0.05, 0.1) is 41.7 Å². The summed E-state index contributed by atoms with van der Waals surface area (Å²) in [4.78, 5) is 0. The Morgan fingerprint density at radius 3 is 0.716 bits per heavy atom. The molecule has 0 saturated heterocycles. The fourth-order valence-electron chi connectivity index (χ4n) is 9.56. The van der Waals surface area contributed by atoms with Gasteiger partial charge in [-0.15, -0.1) is 0 Å². The van der Waals surface area contributed by atoms with Gasteiger partial charge < -0.3 is 37.9 Å². The molecule has 0 spiro atoms.